The van der Waals surface area contributed by atoms with Crippen molar-refractivity contribution in [3.8, 4) is 0 Å². The van der Waals surface area contributed by atoms with E-state index in [-0.39, 0.29) is 18.5 Å². The zero-order chi connectivity index (χ0) is 14.4. The van der Waals surface area contributed by atoms with E-state index in [9.17, 15) is 4.79 Å². The number of nitrogens with one attached hydrogen (secondary N) is 2. The largest absolute Gasteiger partial charge is 0.481 e. The van der Waals surface area contributed by atoms with Gasteiger partial charge in [0.25, 0.3) is 0 Å². The minimum atomic E-state index is -0.813. The molecule has 0 saturated heterocycles. The molecular weight excluding hydrogens is 246 g/mol. The van der Waals surface area contributed by atoms with E-state index in [1.807, 2.05) is 20.8 Å². The highest BCUT2D eigenvalue weighted by Gasteiger charge is 2.10. The van der Waals surface area contributed by atoms with Gasteiger partial charge in [0.05, 0.1) is 11.9 Å². The first-order valence-corrected chi connectivity index (χ1v) is 6.26. The van der Waals surface area contributed by atoms with Crippen LogP contribution in [0, 0.1) is 0 Å². The molecule has 1 heterocycles. The highest BCUT2D eigenvalue weighted by molar-refractivity contribution is 5.67. The topological polar surface area (TPSA) is 113 Å². The van der Waals surface area contributed by atoms with Gasteiger partial charge in [0, 0.05) is 18.5 Å². The van der Waals surface area contributed by atoms with E-state index in [4.69, 9.17) is 10.8 Å². The van der Waals surface area contributed by atoms with Crippen LogP contribution in [0.4, 0.5) is 17.5 Å². The number of carboxylic acid groups (broad SMARTS) is 1. The van der Waals surface area contributed by atoms with Crippen molar-refractivity contribution in [2.75, 3.05) is 16.4 Å². The lowest BCUT2D eigenvalue weighted by atomic mass is 10.2. The maximum atomic E-state index is 10.5. The Balaban J connectivity index is 2.68. The summed E-state index contributed by atoms with van der Waals surface area (Å²) in [5.41, 5.74) is 6.23. The molecule has 1 rings (SSSR count). The molecule has 7 nitrogen and oxygen atoms in total. The molecule has 7 heteroatoms. The Morgan fingerprint density at radius 3 is 2.68 bits per heavy atom. The van der Waals surface area contributed by atoms with Gasteiger partial charge in [-0.3, -0.25) is 4.79 Å². The third kappa shape index (κ3) is 5.41. The van der Waals surface area contributed by atoms with Gasteiger partial charge in [-0.1, -0.05) is 0 Å². The summed E-state index contributed by atoms with van der Waals surface area (Å²) in [6.45, 7) is 5.87. The first-order valence-electron chi connectivity index (χ1n) is 6.26. The zero-order valence-electron chi connectivity index (χ0n) is 11.5. The molecule has 0 aliphatic carbocycles. The Kier molecular flexibility index (Phi) is 5.35. The van der Waals surface area contributed by atoms with Crippen molar-refractivity contribution in [3.63, 3.8) is 0 Å². The number of hydrogen-bond donors (Lipinski definition) is 4. The van der Waals surface area contributed by atoms with Crippen molar-refractivity contribution in [3.05, 3.63) is 6.20 Å². The second-order valence-electron chi connectivity index (χ2n) is 4.77. The Labute approximate surface area is 112 Å². The molecule has 5 N–H and O–H groups in total. The summed E-state index contributed by atoms with van der Waals surface area (Å²) in [4.78, 5) is 18.9. The molecule has 0 aliphatic heterocycles. The molecule has 0 spiro atoms. The highest BCUT2D eigenvalue weighted by Crippen LogP contribution is 2.18. The fraction of sp³-hybridized carbons (Fsp3) is 0.583. The number of nitrogens with zero attached hydrogens (tertiary/aromatic N) is 2. The molecular formula is C12H21N5O2. The lowest BCUT2D eigenvalue weighted by Crippen LogP contribution is -2.20. The molecule has 0 fully saturated rings. The average molecular weight is 267 g/mol. The predicted octanol–water partition coefficient (Wildman–Crippen LogP) is 1.54. The van der Waals surface area contributed by atoms with Gasteiger partial charge in [-0.25, -0.2) is 4.98 Å². The fourth-order valence-corrected chi connectivity index (χ4v) is 1.48. The van der Waals surface area contributed by atoms with Crippen molar-refractivity contribution in [2.45, 2.75) is 45.7 Å². The van der Waals surface area contributed by atoms with Gasteiger partial charge in [-0.2, -0.15) is 4.98 Å². The SMILES string of the molecule is CC(C)Nc1ncc(N)c(N[C@@H](C)CCC(=O)O)n1. The van der Waals surface area contributed by atoms with Crippen LogP contribution in [0.5, 0.6) is 0 Å². The van der Waals surface area contributed by atoms with Gasteiger partial charge in [0.15, 0.2) is 5.82 Å². The van der Waals surface area contributed by atoms with E-state index >= 15 is 0 Å². The monoisotopic (exact) mass is 267 g/mol. The first-order chi connectivity index (χ1) is 8.88. The molecule has 106 valence electrons. The van der Waals surface area contributed by atoms with E-state index in [2.05, 4.69) is 20.6 Å². The van der Waals surface area contributed by atoms with Gasteiger partial charge in [0.2, 0.25) is 5.95 Å². The van der Waals surface area contributed by atoms with Crippen LogP contribution in [-0.2, 0) is 4.79 Å². The number of aliphatic carboxylic acids is 1. The van der Waals surface area contributed by atoms with E-state index in [1.54, 1.807) is 0 Å². The van der Waals surface area contributed by atoms with Crippen molar-refractivity contribution in [1.29, 1.82) is 0 Å². The summed E-state index contributed by atoms with van der Waals surface area (Å²) >= 11 is 0. The van der Waals surface area contributed by atoms with Crippen LogP contribution >= 0.6 is 0 Å². The molecule has 1 aromatic rings. The van der Waals surface area contributed by atoms with Crippen LogP contribution in [0.15, 0.2) is 6.20 Å². The van der Waals surface area contributed by atoms with Crippen LogP contribution in [0.1, 0.15) is 33.6 Å². The molecule has 1 atom stereocenters. The molecule has 1 aromatic heterocycles. The number of anilines is 3. The number of nitrogens with two attached hydrogens (primary N) is 1. The lowest BCUT2D eigenvalue weighted by molar-refractivity contribution is -0.137. The van der Waals surface area contributed by atoms with E-state index < -0.39 is 5.97 Å². The number of hydrogen-bond acceptors (Lipinski definition) is 6. The molecule has 0 aliphatic rings. The summed E-state index contributed by atoms with van der Waals surface area (Å²) in [5.74, 6) is 0.208. The maximum Gasteiger partial charge on any atom is 0.303 e. The van der Waals surface area contributed by atoms with Crippen molar-refractivity contribution >= 4 is 23.4 Å². The van der Waals surface area contributed by atoms with Gasteiger partial charge in [-0.05, 0) is 27.2 Å². The molecule has 0 saturated carbocycles. The summed E-state index contributed by atoms with van der Waals surface area (Å²) < 4.78 is 0. The molecule has 0 bridgehead atoms. The van der Waals surface area contributed by atoms with Crippen LogP contribution < -0.4 is 16.4 Å². The summed E-state index contributed by atoms with van der Waals surface area (Å²) in [6, 6.07) is 0.195. The lowest BCUT2D eigenvalue weighted by Gasteiger charge is -2.16. The molecule has 0 aromatic carbocycles. The Morgan fingerprint density at radius 2 is 2.11 bits per heavy atom. The zero-order valence-corrected chi connectivity index (χ0v) is 11.5. The average Bonchev–Trinajstić information content (AvgIpc) is 2.30. The standard InChI is InChI=1S/C12H21N5O2/c1-7(2)15-12-14-6-9(13)11(17-12)16-8(3)4-5-10(18)19/h6-8H,4-5,13H2,1-3H3,(H,18,19)(H2,14,15,16,17)/t8-/m0/s1. The Hall–Kier alpha value is -2.05. The maximum absolute atomic E-state index is 10.5. The van der Waals surface area contributed by atoms with Crippen LogP contribution in [0.3, 0.4) is 0 Å². The summed E-state index contributed by atoms with van der Waals surface area (Å²) in [6.07, 6.45) is 2.14. The van der Waals surface area contributed by atoms with Gasteiger partial charge in [-0.15, -0.1) is 0 Å². The number of rotatable bonds is 7. The van der Waals surface area contributed by atoms with Gasteiger partial charge in [0.1, 0.15) is 0 Å². The van der Waals surface area contributed by atoms with E-state index in [0.717, 1.165) is 0 Å². The summed E-state index contributed by atoms with van der Waals surface area (Å²) in [7, 11) is 0. The van der Waals surface area contributed by atoms with Crippen LogP contribution in [0.25, 0.3) is 0 Å². The third-order valence-electron chi connectivity index (χ3n) is 2.41. The quantitative estimate of drug-likeness (QED) is 0.592. The first kappa shape index (κ1) is 15.0. The Morgan fingerprint density at radius 1 is 1.42 bits per heavy atom. The fourth-order valence-electron chi connectivity index (χ4n) is 1.48. The summed E-state index contributed by atoms with van der Waals surface area (Å²) in [5, 5.41) is 14.8. The normalized spacial score (nSPS) is 12.2. The smallest absolute Gasteiger partial charge is 0.303 e. The van der Waals surface area contributed by atoms with Crippen molar-refractivity contribution in [1.82, 2.24) is 9.97 Å². The molecule has 0 unspecified atom stereocenters. The van der Waals surface area contributed by atoms with Gasteiger partial charge >= 0.3 is 5.97 Å². The number of carbonyl (C=O) groups is 1. The van der Waals surface area contributed by atoms with Crippen LogP contribution in [-0.4, -0.2) is 33.1 Å². The minimum absolute atomic E-state index is 0.0276. The minimum Gasteiger partial charge on any atom is -0.481 e. The van der Waals surface area contributed by atoms with Crippen LogP contribution in [0.2, 0.25) is 0 Å². The van der Waals surface area contributed by atoms with E-state index in [1.165, 1.54) is 6.20 Å². The highest BCUT2D eigenvalue weighted by atomic mass is 16.4. The Bertz CT molecular complexity index is 436. The third-order valence-corrected chi connectivity index (χ3v) is 2.41. The van der Waals surface area contributed by atoms with Gasteiger partial charge < -0.3 is 21.5 Å². The second kappa shape index (κ2) is 6.77. The molecule has 0 radical (unpaired) electrons. The van der Waals surface area contributed by atoms with E-state index in [0.29, 0.717) is 23.9 Å². The predicted molar refractivity (Wildman–Crippen MR) is 75.2 cm³/mol. The number of carboxylic acids is 1. The number of aromatic nitrogens is 2. The van der Waals surface area contributed by atoms with Crippen molar-refractivity contribution < 1.29 is 9.90 Å². The molecule has 0 amide bonds. The molecule has 19 heavy (non-hydrogen) atoms. The number of nitrogen functional groups attached to an aromatic ring is 1. The second-order valence-corrected chi connectivity index (χ2v) is 4.77. The van der Waals surface area contributed by atoms with Crippen molar-refractivity contribution in [2.24, 2.45) is 0 Å².